The number of halogens is 2. The number of carbonyl (C=O) groups excluding carboxylic acids is 3. The Morgan fingerprint density at radius 3 is 2.30 bits per heavy atom. The number of anilines is 2. The van der Waals surface area contributed by atoms with Gasteiger partial charge in [-0.3, -0.25) is 14.5 Å². The highest BCUT2D eigenvalue weighted by molar-refractivity contribution is 6.10. The fraction of sp³-hybridized carbons (Fsp3) is 0.375. The summed E-state index contributed by atoms with van der Waals surface area (Å²) in [7, 11) is 0. The first-order valence-electron chi connectivity index (χ1n) is 11.0. The summed E-state index contributed by atoms with van der Waals surface area (Å²) >= 11 is 0. The van der Waals surface area contributed by atoms with Gasteiger partial charge in [-0.25, -0.2) is 13.6 Å². The Morgan fingerprint density at radius 2 is 1.67 bits per heavy atom. The van der Waals surface area contributed by atoms with E-state index < -0.39 is 41.6 Å². The Morgan fingerprint density at radius 1 is 1.00 bits per heavy atom. The molecule has 1 atom stereocenters. The van der Waals surface area contributed by atoms with E-state index in [-0.39, 0.29) is 5.56 Å². The molecular formula is C24H26F2N4O3. The lowest BCUT2D eigenvalue weighted by molar-refractivity contribution is -0.133. The number of hydrogen-bond acceptors (Lipinski definition) is 4. The average molecular weight is 456 g/mol. The first-order chi connectivity index (χ1) is 15.8. The number of urea groups is 1. The number of amides is 4. The lowest BCUT2D eigenvalue weighted by Gasteiger charge is -2.23. The summed E-state index contributed by atoms with van der Waals surface area (Å²) in [6.07, 6.45) is 4.80. The maximum atomic E-state index is 13.7. The molecule has 9 heteroatoms. The molecule has 0 radical (unpaired) electrons. The van der Waals surface area contributed by atoms with E-state index in [4.69, 9.17) is 0 Å². The highest BCUT2D eigenvalue weighted by atomic mass is 19.2. The van der Waals surface area contributed by atoms with E-state index in [1.54, 1.807) is 12.1 Å². The van der Waals surface area contributed by atoms with Crippen molar-refractivity contribution in [3.05, 3.63) is 59.7 Å². The van der Waals surface area contributed by atoms with Crippen molar-refractivity contribution in [3.8, 4) is 0 Å². The highest BCUT2D eigenvalue weighted by Gasteiger charge is 2.49. The van der Waals surface area contributed by atoms with E-state index in [9.17, 15) is 23.2 Å². The largest absolute Gasteiger partial charge is 0.372 e. The lowest BCUT2D eigenvalue weighted by Crippen LogP contribution is -2.42. The monoisotopic (exact) mass is 456 g/mol. The molecule has 2 aliphatic heterocycles. The van der Waals surface area contributed by atoms with Gasteiger partial charge in [0, 0.05) is 24.5 Å². The number of nitrogens with one attached hydrogen (secondary N) is 2. The minimum Gasteiger partial charge on any atom is -0.372 e. The van der Waals surface area contributed by atoms with Gasteiger partial charge in [0.05, 0.1) is 0 Å². The first-order valence-corrected chi connectivity index (χ1v) is 11.0. The van der Waals surface area contributed by atoms with Crippen molar-refractivity contribution in [3.63, 3.8) is 0 Å². The maximum Gasteiger partial charge on any atom is 0.325 e. The zero-order valence-electron chi connectivity index (χ0n) is 18.4. The van der Waals surface area contributed by atoms with E-state index in [0.717, 1.165) is 48.7 Å². The van der Waals surface area contributed by atoms with Crippen LogP contribution in [0.15, 0.2) is 42.5 Å². The molecule has 2 fully saturated rings. The van der Waals surface area contributed by atoms with Crippen LogP contribution in [-0.4, -0.2) is 42.4 Å². The van der Waals surface area contributed by atoms with Crippen molar-refractivity contribution in [2.75, 3.05) is 29.9 Å². The Balaban J connectivity index is 1.40. The Kier molecular flexibility index (Phi) is 6.31. The second kappa shape index (κ2) is 9.17. The molecule has 4 amide bonds. The third-order valence-corrected chi connectivity index (χ3v) is 6.20. The van der Waals surface area contributed by atoms with Crippen LogP contribution in [0.4, 0.5) is 25.0 Å². The predicted molar refractivity (Wildman–Crippen MR) is 120 cm³/mol. The third kappa shape index (κ3) is 4.67. The summed E-state index contributed by atoms with van der Waals surface area (Å²) in [6.45, 7) is 2.90. The molecule has 2 heterocycles. The molecule has 2 saturated heterocycles. The highest BCUT2D eigenvalue weighted by Crippen LogP contribution is 2.30. The first kappa shape index (κ1) is 22.7. The molecule has 0 aliphatic carbocycles. The summed E-state index contributed by atoms with van der Waals surface area (Å²) in [4.78, 5) is 40.9. The second-order valence-corrected chi connectivity index (χ2v) is 8.57. The summed E-state index contributed by atoms with van der Waals surface area (Å²) in [5, 5.41) is 5.17. The molecule has 2 aromatic rings. The third-order valence-electron chi connectivity index (χ3n) is 6.20. The number of imide groups is 1. The molecule has 0 unspecified atom stereocenters. The predicted octanol–water partition coefficient (Wildman–Crippen LogP) is 3.75. The zero-order chi connectivity index (χ0) is 23.6. The van der Waals surface area contributed by atoms with Gasteiger partial charge < -0.3 is 15.5 Å². The van der Waals surface area contributed by atoms with E-state index in [2.05, 4.69) is 15.5 Å². The number of carbonyl (C=O) groups is 3. The van der Waals surface area contributed by atoms with Gasteiger partial charge in [0.25, 0.3) is 5.91 Å². The number of hydrogen-bond donors (Lipinski definition) is 2. The molecule has 0 aromatic heterocycles. The van der Waals surface area contributed by atoms with Gasteiger partial charge in [0.2, 0.25) is 5.91 Å². The van der Waals surface area contributed by atoms with Gasteiger partial charge in [-0.2, -0.15) is 0 Å². The van der Waals surface area contributed by atoms with Crippen LogP contribution in [0.25, 0.3) is 0 Å². The molecule has 0 bridgehead atoms. The summed E-state index contributed by atoms with van der Waals surface area (Å²) < 4.78 is 26.9. The molecule has 2 aromatic carbocycles. The van der Waals surface area contributed by atoms with Crippen LogP contribution in [0, 0.1) is 11.6 Å². The summed E-state index contributed by atoms with van der Waals surface area (Å²) in [5.41, 5.74) is 0.132. The molecule has 174 valence electrons. The Hall–Kier alpha value is -3.49. The Bertz CT molecular complexity index is 1070. The van der Waals surface area contributed by atoms with E-state index >= 15 is 0 Å². The SMILES string of the molecule is C[C@]1(c2ccc(F)c(F)c2)NC(=O)N(CC(=O)Nc2ccc(N3CCCCCC3)cc2)C1=O. The van der Waals surface area contributed by atoms with Gasteiger partial charge >= 0.3 is 6.03 Å². The van der Waals surface area contributed by atoms with E-state index in [1.165, 1.54) is 25.8 Å². The summed E-state index contributed by atoms with van der Waals surface area (Å²) in [5.74, 6) is -3.45. The molecule has 2 aliphatic rings. The minimum atomic E-state index is -1.60. The second-order valence-electron chi connectivity index (χ2n) is 8.57. The van der Waals surface area contributed by atoms with E-state index in [0.29, 0.717) is 5.69 Å². The molecule has 4 rings (SSSR count). The smallest absolute Gasteiger partial charge is 0.325 e. The quantitative estimate of drug-likeness (QED) is 0.672. The average Bonchev–Trinajstić information content (AvgIpc) is 2.99. The number of benzene rings is 2. The normalized spacial score (nSPS) is 21.1. The fourth-order valence-electron chi connectivity index (χ4n) is 4.27. The standard InChI is InChI=1S/C24H26F2N4O3/c1-24(16-6-11-19(25)20(26)14-16)22(32)30(23(33)28-24)15-21(31)27-17-7-9-18(10-8-17)29-12-4-2-3-5-13-29/h6-11,14H,2-5,12-13,15H2,1H3,(H,27,31)(H,28,33)/t24-/m1/s1. The number of rotatable bonds is 5. The van der Waals surface area contributed by atoms with Crippen molar-refractivity contribution < 1.29 is 23.2 Å². The van der Waals surface area contributed by atoms with Crippen molar-refractivity contribution in [2.45, 2.75) is 38.1 Å². The lowest BCUT2D eigenvalue weighted by atomic mass is 9.92. The van der Waals surface area contributed by atoms with Crippen LogP contribution in [0.1, 0.15) is 38.2 Å². The van der Waals surface area contributed by atoms with Crippen molar-refractivity contribution in [2.24, 2.45) is 0 Å². The van der Waals surface area contributed by atoms with Crippen LogP contribution < -0.4 is 15.5 Å². The molecule has 33 heavy (non-hydrogen) atoms. The molecular weight excluding hydrogens is 430 g/mol. The fourth-order valence-corrected chi connectivity index (χ4v) is 4.27. The van der Waals surface area contributed by atoms with Crippen LogP contribution in [0.3, 0.4) is 0 Å². The zero-order valence-corrected chi connectivity index (χ0v) is 18.4. The van der Waals surface area contributed by atoms with Crippen molar-refractivity contribution >= 4 is 29.2 Å². The molecule has 2 N–H and O–H groups in total. The summed E-state index contributed by atoms with van der Waals surface area (Å²) in [6, 6.07) is 9.66. The molecule has 0 saturated carbocycles. The van der Waals surface area contributed by atoms with E-state index in [1.807, 2.05) is 12.1 Å². The van der Waals surface area contributed by atoms with Crippen molar-refractivity contribution in [1.29, 1.82) is 0 Å². The van der Waals surface area contributed by atoms with Gasteiger partial charge in [0.1, 0.15) is 12.1 Å². The number of nitrogens with zero attached hydrogens (tertiary/aromatic N) is 2. The van der Waals surface area contributed by atoms with Gasteiger partial charge in [-0.05, 0) is 61.7 Å². The van der Waals surface area contributed by atoms with Gasteiger partial charge in [-0.15, -0.1) is 0 Å². The van der Waals surface area contributed by atoms with Crippen LogP contribution in [0.5, 0.6) is 0 Å². The minimum absolute atomic E-state index is 0.0896. The maximum absolute atomic E-state index is 13.7. The molecule has 0 spiro atoms. The molecule has 7 nitrogen and oxygen atoms in total. The van der Waals surface area contributed by atoms with Crippen LogP contribution in [0.2, 0.25) is 0 Å². The van der Waals surface area contributed by atoms with Crippen LogP contribution in [-0.2, 0) is 15.1 Å². The van der Waals surface area contributed by atoms with Gasteiger partial charge in [0.15, 0.2) is 11.6 Å². The van der Waals surface area contributed by atoms with Crippen LogP contribution >= 0.6 is 0 Å². The Labute approximate surface area is 190 Å². The topological polar surface area (TPSA) is 81.8 Å². The van der Waals surface area contributed by atoms with Crippen molar-refractivity contribution in [1.82, 2.24) is 10.2 Å². The van der Waals surface area contributed by atoms with Gasteiger partial charge in [-0.1, -0.05) is 18.9 Å².